The first-order chi connectivity index (χ1) is 10.6. The van der Waals surface area contributed by atoms with Gasteiger partial charge >= 0.3 is 6.03 Å². The maximum absolute atomic E-state index is 11.9. The number of carbonyl (C=O) groups is 1. The summed E-state index contributed by atoms with van der Waals surface area (Å²) in [6.45, 7) is 2.44. The Hall–Kier alpha value is -1.76. The summed E-state index contributed by atoms with van der Waals surface area (Å²) >= 11 is 7.40. The molecule has 1 unspecified atom stereocenters. The van der Waals surface area contributed by atoms with Crippen molar-refractivity contribution in [2.24, 2.45) is 0 Å². The van der Waals surface area contributed by atoms with E-state index in [0.29, 0.717) is 23.1 Å². The Bertz CT molecular complexity index is 619. The number of hydrogen-bond donors (Lipinski definition) is 3. The van der Waals surface area contributed by atoms with E-state index in [0.717, 1.165) is 5.56 Å². The molecule has 1 aromatic heterocycles. The zero-order valence-corrected chi connectivity index (χ0v) is 13.6. The summed E-state index contributed by atoms with van der Waals surface area (Å²) in [5, 5.41) is 19.5. The minimum atomic E-state index is -0.728. The van der Waals surface area contributed by atoms with Gasteiger partial charge in [0.1, 0.15) is 5.75 Å². The monoisotopic (exact) mass is 340 g/mol. The van der Waals surface area contributed by atoms with Crippen LogP contribution in [0.4, 0.5) is 10.5 Å². The Labute approximate surface area is 137 Å². The molecular formula is C15H17ClN2O3S. The Morgan fingerprint density at radius 2 is 2.27 bits per heavy atom. The van der Waals surface area contributed by atoms with E-state index in [4.69, 9.17) is 16.3 Å². The van der Waals surface area contributed by atoms with Crippen molar-refractivity contribution in [1.29, 1.82) is 0 Å². The number of hydrogen-bond acceptors (Lipinski definition) is 4. The van der Waals surface area contributed by atoms with Crippen LogP contribution >= 0.6 is 22.9 Å². The number of benzene rings is 1. The van der Waals surface area contributed by atoms with Gasteiger partial charge in [-0.05, 0) is 41.4 Å². The van der Waals surface area contributed by atoms with Crippen molar-refractivity contribution in [3.63, 3.8) is 0 Å². The van der Waals surface area contributed by atoms with Crippen LogP contribution in [0.15, 0.2) is 35.0 Å². The fourth-order valence-corrected chi connectivity index (χ4v) is 2.68. The first-order valence-electron chi connectivity index (χ1n) is 6.77. The second kappa shape index (κ2) is 8.03. The van der Waals surface area contributed by atoms with Gasteiger partial charge < -0.3 is 20.5 Å². The molecule has 3 N–H and O–H groups in total. The van der Waals surface area contributed by atoms with Gasteiger partial charge in [0.05, 0.1) is 18.4 Å². The number of aliphatic hydroxyl groups excluding tert-OH is 1. The molecule has 1 aromatic carbocycles. The number of halogens is 1. The number of anilines is 1. The Kier molecular flexibility index (Phi) is 6.06. The molecule has 0 aliphatic heterocycles. The molecule has 0 radical (unpaired) electrons. The summed E-state index contributed by atoms with van der Waals surface area (Å²) in [6.07, 6.45) is -0.728. The van der Waals surface area contributed by atoms with Gasteiger partial charge in [-0.2, -0.15) is 11.3 Å². The van der Waals surface area contributed by atoms with Crippen molar-refractivity contribution >= 4 is 34.7 Å². The van der Waals surface area contributed by atoms with Crippen molar-refractivity contribution in [2.75, 3.05) is 18.5 Å². The van der Waals surface area contributed by atoms with Crippen LogP contribution in [0.3, 0.4) is 0 Å². The summed E-state index contributed by atoms with van der Waals surface area (Å²) in [5.74, 6) is 0.503. The molecule has 0 fully saturated rings. The molecule has 0 saturated heterocycles. The topological polar surface area (TPSA) is 70.6 Å². The normalized spacial score (nSPS) is 11.8. The quantitative estimate of drug-likeness (QED) is 0.751. The number of thiophene rings is 1. The minimum Gasteiger partial charge on any atom is -0.492 e. The molecule has 0 saturated carbocycles. The van der Waals surface area contributed by atoms with Gasteiger partial charge in [-0.25, -0.2) is 4.79 Å². The molecular weight excluding hydrogens is 324 g/mol. The molecule has 2 rings (SSSR count). The highest BCUT2D eigenvalue weighted by molar-refractivity contribution is 7.07. The SMILES string of the molecule is CCOc1cc(Cl)ccc1NC(=O)NCC(O)c1ccsc1. The average Bonchev–Trinajstić information content (AvgIpc) is 3.02. The van der Waals surface area contributed by atoms with E-state index in [9.17, 15) is 9.90 Å². The minimum absolute atomic E-state index is 0.125. The number of urea groups is 1. The van der Waals surface area contributed by atoms with Crippen LogP contribution in [0.5, 0.6) is 5.75 Å². The third kappa shape index (κ3) is 4.62. The molecule has 118 valence electrons. The molecule has 2 aromatic rings. The Morgan fingerprint density at radius 3 is 2.95 bits per heavy atom. The predicted molar refractivity (Wildman–Crippen MR) is 88.9 cm³/mol. The van der Waals surface area contributed by atoms with Crippen molar-refractivity contribution in [2.45, 2.75) is 13.0 Å². The number of aliphatic hydroxyl groups is 1. The van der Waals surface area contributed by atoms with Crippen LogP contribution in [0.1, 0.15) is 18.6 Å². The zero-order chi connectivity index (χ0) is 15.9. The van der Waals surface area contributed by atoms with E-state index in [1.807, 2.05) is 23.8 Å². The zero-order valence-electron chi connectivity index (χ0n) is 12.0. The smallest absolute Gasteiger partial charge is 0.319 e. The maximum atomic E-state index is 11.9. The molecule has 0 aliphatic carbocycles. The lowest BCUT2D eigenvalue weighted by atomic mass is 10.2. The van der Waals surface area contributed by atoms with Crippen molar-refractivity contribution < 1.29 is 14.6 Å². The standard InChI is InChI=1S/C15H17ClN2O3S/c1-2-21-14-7-11(16)3-4-12(14)18-15(20)17-8-13(19)10-5-6-22-9-10/h3-7,9,13,19H,2,8H2,1H3,(H2,17,18,20). The molecule has 2 amide bonds. The molecule has 0 bridgehead atoms. The molecule has 7 heteroatoms. The van der Waals surface area contributed by atoms with Gasteiger partial charge in [-0.3, -0.25) is 0 Å². The van der Waals surface area contributed by atoms with Crippen LogP contribution in [0.25, 0.3) is 0 Å². The van der Waals surface area contributed by atoms with E-state index in [1.165, 1.54) is 11.3 Å². The Balaban J connectivity index is 1.92. The largest absolute Gasteiger partial charge is 0.492 e. The van der Waals surface area contributed by atoms with E-state index >= 15 is 0 Å². The molecule has 0 aliphatic rings. The van der Waals surface area contributed by atoms with Crippen molar-refractivity contribution in [3.05, 3.63) is 45.6 Å². The number of ether oxygens (including phenoxy) is 1. The number of rotatable bonds is 6. The van der Waals surface area contributed by atoms with E-state index in [1.54, 1.807) is 18.2 Å². The first-order valence-corrected chi connectivity index (χ1v) is 8.09. The summed E-state index contributed by atoms with van der Waals surface area (Å²) in [5.41, 5.74) is 1.31. The van der Waals surface area contributed by atoms with Crippen LogP contribution in [0.2, 0.25) is 5.02 Å². The van der Waals surface area contributed by atoms with E-state index in [2.05, 4.69) is 10.6 Å². The van der Waals surface area contributed by atoms with E-state index in [-0.39, 0.29) is 6.54 Å². The van der Waals surface area contributed by atoms with Crippen molar-refractivity contribution in [1.82, 2.24) is 5.32 Å². The third-order valence-electron chi connectivity index (χ3n) is 2.88. The van der Waals surface area contributed by atoms with Gasteiger partial charge in [-0.15, -0.1) is 0 Å². The van der Waals surface area contributed by atoms with Gasteiger partial charge in [0.25, 0.3) is 0 Å². The van der Waals surface area contributed by atoms with Crippen LogP contribution in [0, 0.1) is 0 Å². The van der Waals surface area contributed by atoms with Crippen molar-refractivity contribution in [3.8, 4) is 5.75 Å². The van der Waals surface area contributed by atoms with Gasteiger partial charge in [0, 0.05) is 17.6 Å². The lowest BCUT2D eigenvalue weighted by Crippen LogP contribution is -2.32. The van der Waals surface area contributed by atoms with Gasteiger partial charge in [0.15, 0.2) is 0 Å². The van der Waals surface area contributed by atoms with Crippen LogP contribution < -0.4 is 15.4 Å². The highest BCUT2D eigenvalue weighted by Crippen LogP contribution is 2.28. The average molecular weight is 341 g/mol. The first kappa shape index (κ1) is 16.6. The second-order valence-corrected chi connectivity index (χ2v) is 5.70. The number of amides is 2. The highest BCUT2D eigenvalue weighted by atomic mass is 35.5. The summed E-state index contributed by atoms with van der Waals surface area (Å²) in [4.78, 5) is 11.9. The third-order valence-corrected chi connectivity index (χ3v) is 3.81. The number of carbonyl (C=O) groups excluding carboxylic acids is 1. The summed E-state index contributed by atoms with van der Waals surface area (Å²) < 4.78 is 5.43. The molecule has 0 spiro atoms. The van der Waals surface area contributed by atoms with E-state index < -0.39 is 12.1 Å². The molecule has 5 nitrogen and oxygen atoms in total. The Morgan fingerprint density at radius 1 is 1.45 bits per heavy atom. The van der Waals surface area contributed by atoms with Crippen LogP contribution in [-0.2, 0) is 0 Å². The predicted octanol–water partition coefficient (Wildman–Crippen LogP) is 3.66. The molecule has 1 atom stereocenters. The second-order valence-electron chi connectivity index (χ2n) is 4.48. The van der Waals surface area contributed by atoms with Gasteiger partial charge in [-0.1, -0.05) is 11.6 Å². The highest BCUT2D eigenvalue weighted by Gasteiger charge is 2.12. The summed E-state index contributed by atoms with van der Waals surface area (Å²) in [7, 11) is 0. The fourth-order valence-electron chi connectivity index (χ4n) is 1.81. The van der Waals surface area contributed by atoms with Gasteiger partial charge in [0.2, 0.25) is 0 Å². The molecule has 1 heterocycles. The lowest BCUT2D eigenvalue weighted by Gasteiger charge is -2.14. The number of nitrogens with one attached hydrogen (secondary N) is 2. The van der Waals surface area contributed by atoms with Crippen LogP contribution in [-0.4, -0.2) is 24.3 Å². The molecule has 22 heavy (non-hydrogen) atoms. The summed E-state index contributed by atoms with van der Waals surface area (Å²) in [6, 6.07) is 6.38. The fraction of sp³-hybridized carbons (Fsp3) is 0.267. The maximum Gasteiger partial charge on any atom is 0.319 e. The lowest BCUT2D eigenvalue weighted by molar-refractivity contribution is 0.175.